The average Bonchev–Trinajstić information content (AvgIpc) is 3.22. The molecule has 6 nitrogen and oxygen atoms in total. The minimum atomic E-state index is -0.441. The lowest BCUT2D eigenvalue weighted by Gasteiger charge is -2.15. The van der Waals surface area contributed by atoms with Gasteiger partial charge in [0, 0.05) is 6.42 Å². The third-order valence-electron chi connectivity index (χ3n) is 3.51. The van der Waals surface area contributed by atoms with Gasteiger partial charge < -0.3 is 9.73 Å². The van der Waals surface area contributed by atoms with Crippen LogP contribution in [0.15, 0.2) is 46.9 Å². The van der Waals surface area contributed by atoms with Crippen LogP contribution in [-0.2, 0) is 6.42 Å². The summed E-state index contributed by atoms with van der Waals surface area (Å²) in [7, 11) is 0. The van der Waals surface area contributed by atoms with Crippen LogP contribution in [0.2, 0.25) is 0 Å². The van der Waals surface area contributed by atoms with Gasteiger partial charge >= 0.3 is 0 Å². The molecule has 3 aromatic rings. The topological polar surface area (TPSA) is 83.8 Å². The molecular formula is C17H18N4O2. The number of rotatable bonds is 5. The van der Waals surface area contributed by atoms with Crippen LogP contribution in [0, 0.1) is 6.92 Å². The van der Waals surface area contributed by atoms with Gasteiger partial charge in [-0.15, -0.1) is 0 Å². The molecule has 0 aliphatic heterocycles. The van der Waals surface area contributed by atoms with Crippen LogP contribution >= 0.6 is 0 Å². The number of carbonyl (C=O) groups excluding carboxylic acids is 1. The molecule has 0 fully saturated rings. The molecule has 0 aliphatic carbocycles. The Morgan fingerprint density at radius 1 is 1.26 bits per heavy atom. The van der Waals surface area contributed by atoms with Crippen LogP contribution in [0.4, 0.5) is 0 Å². The lowest BCUT2D eigenvalue weighted by atomic mass is 10.1. The summed E-state index contributed by atoms with van der Waals surface area (Å²) in [5.41, 5.74) is 0.905. The summed E-state index contributed by atoms with van der Waals surface area (Å²) in [6.45, 7) is 3.80. The first-order valence-corrected chi connectivity index (χ1v) is 7.50. The predicted molar refractivity (Wildman–Crippen MR) is 85.0 cm³/mol. The third-order valence-corrected chi connectivity index (χ3v) is 3.51. The number of amides is 1. The largest absolute Gasteiger partial charge is 0.456 e. The van der Waals surface area contributed by atoms with E-state index in [1.54, 1.807) is 6.07 Å². The summed E-state index contributed by atoms with van der Waals surface area (Å²) in [5, 5.41) is 9.93. The smallest absolute Gasteiger partial charge is 0.287 e. The van der Waals surface area contributed by atoms with Gasteiger partial charge in [-0.1, -0.05) is 37.3 Å². The van der Waals surface area contributed by atoms with Crippen molar-refractivity contribution in [2.45, 2.75) is 26.3 Å². The van der Waals surface area contributed by atoms with Gasteiger partial charge in [0.1, 0.15) is 17.6 Å². The molecule has 6 heteroatoms. The predicted octanol–water partition coefficient (Wildman–Crippen LogP) is 2.79. The number of carbonyl (C=O) groups is 1. The number of nitrogens with zero attached hydrogens (tertiary/aromatic N) is 2. The molecular weight excluding hydrogens is 292 g/mol. The van der Waals surface area contributed by atoms with E-state index in [4.69, 9.17) is 4.42 Å². The number of H-pyrrole nitrogens is 1. The van der Waals surface area contributed by atoms with Crippen molar-refractivity contribution in [1.29, 1.82) is 0 Å². The molecule has 2 N–H and O–H groups in total. The number of aryl methyl sites for hydroxylation is 2. The molecule has 0 spiro atoms. The van der Waals surface area contributed by atoms with Crippen molar-refractivity contribution >= 4 is 5.91 Å². The van der Waals surface area contributed by atoms with E-state index >= 15 is 0 Å². The molecule has 118 valence electrons. The number of aromatic amines is 1. The quantitative estimate of drug-likeness (QED) is 0.759. The SMILES string of the molecule is CCc1ccc(C(=O)N[C@H](c2ccccc2)c2n[nH]c(C)n2)o1. The lowest BCUT2D eigenvalue weighted by molar-refractivity contribution is 0.0912. The Labute approximate surface area is 133 Å². The Morgan fingerprint density at radius 2 is 2.04 bits per heavy atom. The molecule has 0 radical (unpaired) electrons. The number of hydrogen-bond donors (Lipinski definition) is 2. The van der Waals surface area contributed by atoms with E-state index in [0.717, 1.165) is 17.7 Å². The van der Waals surface area contributed by atoms with Gasteiger partial charge in [-0.2, -0.15) is 5.10 Å². The van der Waals surface area contributed by atoms with Crippen molar-refractivity contribution in [3.8, 4) is 0 Å². The van der Waals surface area contributed by atoms with E-state index < -0.39 is 6.04 Å². The highest BCUT2D eigenvalue weighted by Crippen LogP contribution is 2.20. The second-order valence-electron chi connectivity index (χ2n) is 5.22. The third kappa shape index (κ3) is 3.31. The van der Waals surface area contributed by atoms with Crippen LogP contribution in [0.25, 0.3) is 0 Å². The lowest BCUT2D eigenvalue weighted by Crippen LogP contribution is -2.29. The number of benzene rings is 1. The van der Waals surface area contributed by atoms with Gasteiger partial charge in [0.05, 0.1) is 0 Å². The fraction of sp³-hybridized carbons (Fsp3) is 0.235. The highest BCUT2D eigenvalue weighted by Gasteiger charge is 2.22. The summed E-state index contributed by atoms with van der Waals surface area (Å²) in [6, 6.07) is 12.6. The summed E-state index contributed by atoms with van der Waals surface area (Å²) < 4.78 is 5.51. The fourth-order valence-corrected chi connectivity index (χ4v) is 2.32. The molecule has 0 bridgehead atoms. The minimum Gasteiger partial charge on any atom is -0.456 e. The van der Waals surface area contributed by atoms with Crippen molar-refractivity contribution in [1.82, 2.24) is 20.5 Å². The highest BCUT2D eigenvalue weighted by molar-refractivity contribution is 5.92. The molecule has 0 aliphatic rings. The molecule has 1 aromatic carbocycles. The first-order valence-electron chi connectivity index (χ1n) is 7.50. The van der Waals surface area contributed by atoms with Crippen molar-refractivity contribution in [3.05, 3.63) is 71.2 Å². The first kappa shape index (κ1) is 15.0. The van der Waals surface area contributed by atoms with Gasteiger partial charge in [-0.05, 0) is 24.6 Å². The monoisotopic (exact) mass is 310 g/mol. The maximum atomic E-state index is 12.5. The van der Waals surface area contributed by atoms with Crippen LogP contribution in [-0.4, -0.2) is 21.1 Å². The zero-order valence-corrected chi connectivity index (χ0v) is 13.0. The zero-order valence-electron chi connectivity index (χ0n) is 13.0. The van der Waals surface area contributed by atoms with E-state index in [1.807, 2.05) is 50.2 Å². The fourth-order valence-electron chi connectivity index (χ4n) is 2.32. The Bertz CT molecular complexity index is 792. The molecule has 2 heterocycles. The van der Waals surface area contributed by atoms with E-state index in [1.165, 1.54) is 0 Å². The molecule has 2 aromatic heterocycles. The van der Waals surface area contributed by atoms with Gasteiger partial charge in [0.2, 0.25) is 0 Å². The summed E-state index contributed by atoms with van der Waals surface area (Å²) in [5.74, 6) is 1.99. The maximum Gasteiger partial charge on any atom is 0.287 e. The zero-order chi connectivity index (χ0) is 16.2. The Hall–Kier alpha value is -2.89. The molecule has 3 rings (SSSR count). The van der Waals surface area contributed by atoms with E-state index in [-0.39, 0.29) is 11.7 Å². The Kier molecular flexibility index (Phi) is 4.23. The molecule has 1 atom stereocenters. The Morgan fingerprint density at radius 3 is 2.65 bits per heavy atom. The van der Waals surface area contributed by atoms with E-state index in [0.29, 0.717) is 11.6 Å². The first-order chi connectivity index (χ1) is 11.2. The van der Waals surface area contributed by atoms with Crippen LogP contribution in [0.3, 0.4) is 0 Å². The van der Waals surface area contributed by atoms with Crippen molar-refractivity contribution in [2.24, 2.45) is 0 Å². The molecule has 0 saturated carbocycles. The van der Waals surface area contributed by atoms with Crippen molar-refractivity contribution in [2.75, 3.05) is 0 Å². The highest BCUT2D eigenvalue weighted by atomic mass is 16.3. The van der Waals surface area contributed by atoms with Gasteiger partial charge in [0.15, 0.2) is 11.6 Å². The summed E-state index contributed by atoms with van der Waals surface area (Å²) in [4.78, 5) is 16.8. The minimum absolute atomic E-state index is 0.287. The molecule has 0 unspecified atom stereocenters. The Balaban J connectivity index is 1.88. The van der Waals surface area contributed by atoms with Gasteiger partial charge in [-0.3, -0.25) is 9.89 Å². The summed E-state index contributed by atoms with van der Waals surface area (Å²) in [6.07, 6.45) is 0.746. The van der Waals surface area contributed by atoms with E-state index in [9.17, 15) is 4.79 Å². The number of furan rings is 1. The van der Waals surface area contributed by atoms with Crippen LogP contribution in [0.5, 0.6) is 0 Å². The number of hydrogen-bond acceptors (Lipinski definition) is 4. The second kappa shape index (κ2) is 6.48. The van der Waals surface area contributed by atoms with Gasteiger partial charge in [-0.25, -0.2) is 4.98 Å². The van der Waals surface area contributed by atoms with Crippen molar-refractivity contribution < 1.29 is 9.21 Å². The van der Waals surface area contributed by atoms with E-state index in [2.05, 4.69) is 20.5 Å². The molecule has 0 saturated heterocycles. The van der Waals surface area contributed by atoms with Gasteiger partial charge in [0.25, 0.3) is 5.91 Å². The number of aromatic nitrogens is 3. The molecule has 23 heavy (non-hydrogen) atoms. The second-order valence-corrected chi connectivity index (χ2v) is 5.22. The summed E-state index contributed by atoms with van der Waals surface area (Å²) >= 11 is 0. The molecule has 1 amide bonds. The average molecular weight is 310 g/mol. The van der Waals surface area contributed by atoms with Crippen LogP contribution in [0.1, 0.15) is 46.5 Å². The normalized spacial score (nSPS) is 12.1. The van der Waals surface area contributed by atoms with Crippen molar-refractivity contribution in [3.63, 3.8) is 0 Å². The standard InChI is InChI=1S/C17H18N4O2/c1-3-13-9-10-14(23-13)17(22)19-15(12-7-5-4-6-8-12)16-18-11(2)20-21-16/h4-10,15H,3H2,1-2H3,(H,19,22)(H,18,20,21)/t15-/m1/s1. The number of nitrogens with one attached hydrogen (secondary N) is 2. The maximum absolute atomic E-state index is 12.5. The van der Waals surface area contributed by atoms with Crippen LogP contribution < -0.4 is 5.32 Å².